The maximum absolute atomic E-state index is 14.1. The Balaban J connectivity index is 1.79. The van der Waals surface area contributed by atoms with Crippen LogP contribution in [0.1, 0.15) is 61.1 Å². The zero-order valence-electron chi connectivity index (χ0n) is 17.9. The maximum Gasteiger partial charge on any atom is 0.250 e. The van der Waals surface area contributed by atoms with E-state index in [0.29, 0.717) is 13.0 Å². The summed E-state index contributed by atoms with van der Waals surface area (Å²) in [5.41, 5.74) is 2.54. The third-order valence-corrected chi connectivity index (χ3v) is 7.87. The smallest absolute Gasteiger partial charge is 0.250 e. The van der Waals surface area contributed by atoms with Gasteiger partial charge in [0.05, 0.1) is 5.41 Å². The van der Waals surface area contributed by atoms with E-state index in [0.717, 1.165) is 43.4 Å². The molecule has 2 aromatic carbocycles. The number of benzene rings is 2. The van der Waals surface area contributed by atoms with Crippen LogP contribution in [0.5, 0.6) is 0 Å². The van der Waals surface area contributed by atoms with Gasteiger partial charge in [0.15, 0.2) is 0 Å². The Kier molecular flexibility index (Phi) is 4.59. The molecule has 2 aromatic rings. The van der Waals surface area contributed by atoms with Gasteiger partial charge in [-0.1, -0.05) is 67.3 Å². The Morgan fingerprint density at radius 2 is 1.70 bits per heavy atom. The van der Waals surface area contributed by atoms with Crippen molar-refractivity contribution < 1.29 is 9.59 Å². The van der Waals surface area contributed by atoms with Crippen molar-refractivity contribution >= 4 is 17.4 Å². The molecule has 4 nitrogen and oxygen atoms in total. The fraction of sp³-hybridized carbons (Fsp3) is 0.462. The predicted molar refractivity (Wildman–Crippen MR) is 118 cm³/mol. The molecule has 0 bridgehead atoms. The van der Waals surface area contributed by atoms with E-state index >= 15 is 0 Å². The minimum atomic E-state index is -0.937. The molecule has 1 N–H and O–H groups in total. The van der Waals surface area contributed by atoms with E-state index in [1.54, 1.807) is 0 Å². The molecule has 3 aliphatic rings. The largest absolute Gasteiger partial charge is 0.324 e. The number of amides is 1. The van der Waals surface area contributed by atoms with Gasteiger partial charge in [-0.2, -0.15) is 0 Å². The second kappa shape index (κ2) is 7.05. The van der Waals surface area contributed by atoms with Crippen LogP contribution in [0.15, 0.2) is 48.5 Å². The number of carbonyl (C=O) groups is 2. The standard InChI is InChI=1S/C26H30N2O2/c1-18-12-14-19(15-13-18)21-17-28(2)26(20-9-6-7-10-22(20)27-24(26)30)25(21)16-8-4-3-5-11-23(25)29/h6-7,9-10,12-15,21H,3-5,8,11,16-17H2,1-2H3,(H,27,30)/t21-,25+,26+/m1/s1. The van der Waals surface area contributed by atoms with Crippen molar-refractivity contribution in [3.05, 3.63) is 65.2 Å². The van der Waals surface area contributed by atoms with Crippen molar-refractivity contribution in [1.82, 2.24) is 4.90 Å². The third-order valence-electron chi connectivity index (χ3n) is 7.87. The zero-order chi connectivity index (χ0) is 20.9. The van der Waals surface area contributed by atoms with Crippen molar-refractivity contribution in [2.24, 2.45) is 5.41 Å². The molecular formula is C26H30N2O2. The van der Waals surface area contributed by atoms with Gasteiger partial charge in [-0.25, -0.2) is 0 Å². The Bertz CT molecular complexity index is 998. The highest BCUT2D eigenvalue weighted by atomic mass is 16.2. The Morgan fingerprint density at radius 1 is 0.967 bits per heavy atom. The van der Waals surface area contributed by atoms with Gasteiger partial charge in [0, 0.05) is 30.1 Å². The number of rotatable bonds is 1. The number of likely N-dealkylation sites (tertiary alicyclic amines) is 1. The molecule has 1 saturated carbocycles. The quantitative estimate of drug-likeness (QED) is 0.747. The van der Waals surface area contributed by atoms with Gasteiger partial charge in [-0.05, 0) is 38.4 Å². The van der Waals surface area contributed by atoms with E-state index in [1.165, 1.54) is 11.1 Å². The van der Waals surface area contributed by atoms with Gasteiger partial charge in [0.2, 0.25) is 0 Å². The average molecular weight is 403 g/mol. The van der Waals surface area contributed by atoms with Crippen LogP contribution >= 0.6 is 0 Å². The van der Waals surface area contributed by atoms with Crippen molar-refractivity contribution in [2.75, 3.05) is 18.9 Å². The molecule has 1 aliphatic carbocycles. The predicted octanol–water partition coefficient (Wildman–Crippen LogP) is 4.78. The van der Waals surface area contributed by atoms with Crippen LogP contribution in [0.25, 0.3) is 0 Å². The van der Waals surface area contributed by atoms with E-state index in [2.05, 4.69) is 47.5 Å². The molecule has 0 aromatic heterocycles. The molecule has 30 heavy (non-hydrogen) atoms. The zero-order valence-corrected chi connectivity index (χ0v) is 17.9. The summed E-state index contributed by atoms with van der Waals surface area (Å²) in [4.78, 5) is 30.1. The Hall–Kier alpha value is -2.46. The van der Waals surface area contributed by atoms with E-state index < -0.39 is 11.0 Å². The summed E-state index contributed by atoms with van der Waals surface area (Å²) in [5, 5.41) is 3.14. The molecule has 2 fully saturated rings. The average Bonchev–Trinajstić information content (AvgIpc) is 3.18. The molecule has 0 unspecified atom stereocenters. The number of fused-ring (bicyclic) bond motifs is 3. The highest BCUT2D eigenvalue weighted by Crippen LogP contribution is 2.65. The lowest BCUT2D eigenvalue weighted by molar-refractivity contribution is -0.146. The lowest BCUT2D eigenvalue weighted by atomic mass is 9.55. The lowest BCUT2D eigenvalue weighted by Gasteiger charge is -2.47. The van der Waals surface area contributed by atoms with Crippen molar-refractivity contribution in [1.29, 1.82) is 0 Å². The van der Waals surface area contributed by atoms with Crippen molar-refractivity contribution in [3.8, 4) is 0 Å². The minimum absolute atomic E-state index is 0.00519. The van der Waals surface area contributed by atoms with Crippen LogP contribution in [0, 0.1) is 12.3 Å². The number of likely N-dealkylation sites (N-methyl/N-ethyl adjacent to an activating group) is 1. The van der Waals surface area contributed by atoms with E-state index in [9.17, 15) is 9.59 Å². The summed E-state index contributed by atoms with van der Waals surface area (Å²) in [7, 11) is 2.03. The molecule has 5 rings (SSSR count). The van der Waals surface area contributed by atoms with Crippen LogP contribution in [0.4, 0.5) is 5.69 Å². The van der Waals surface area contributed by atoms with Crippen molar-refractivity contribution in [3.63, 3.8) is 0 Å². The highest BCUT2D eigenvalue weighted by Gasteiger charge is 2.72. The summed E-state index contributed by atoms with van der Waals surface area (Å²) in [6, 6.07) is 16.6. The number of anilines is 1. The lowest BCUT2D eigenvalue weighted by Crippen LogP contribution is -2.59. The van der Waals surface area contributed by atoms with E-state index in [1.807, 2.05) is 25.2 Å². The Morgan fingerprint density at radius 3 is 2.50 bits per heavy atom. The number of nitrogens with zero attached hydrogens (tertiary/aromatic N) is 1. The second-order valence-corrected chi connectivity index (χ2v) is 9.36. The van der Waals surface area contributed by atoms with E-state index in [-0.39, 0.29) is 17.6 Å². The Labute approximate surface area is 178 Å². The third kappa shape index (κ3) is 2.43. The van der Waals surface area contributed by atoms with Crippen LogP contribution in [0.3, 0.4) is 0 Å². The summed E-state index contributed by atoms with van der Waals surface area (Å²) < 4.78 is 0. The second-order valence-electron chi connectivity index (χ2n) is 9.36. The maximum atomic E-state index is 14.1. The highest BCUT2D eigenvalue weighted by molar-refractivity contribution is 6.11. The molecule has 4 heteroatoms. The molecule has 1 saturated heterocycles. The first-order valence-electron chi connectivity index (χ1n) is 11.2. The molecule has 1 amide bonds. The number of ketones is 1. The summed E-state index contributed by atoms with van der Waals surface area (Å²) in [5.74, 6) is 0.240. The normalized spacial score (nSPS) is 31.6. The number of hydrogen-bond acceptors (Lipinski definition) is 3. The molecular weight excluding hydrogens is 372 g/mol. The van der Waals surface area contributed by atoms with Gasteiger partial charge in [-0.15, -0.1) is 0 Å². The fourth-order valence-electron chi connectivity index (χ4n) is 6.57. The molecule has 2 aliphatic heterocycles. The van der Waals surface area contributed by atoms with Crippen LogP contribution in [-0.4, -0.2) is 30.2 Å². The number of carbonyl (C=O) groups excluding carboxylic acids is 2. The SMILES string of the molecule is Cc1ccc([C@H]2CN(C)[C@@]3(C(=O)Nc4ccccc43)[C@@]23CCCCCCC3=O)cc1. The van der Waals surface area contributed by atoms with Gasteiger partial charge in [0.1, 0.15) is 11.3 Å². The summed E-state index contributed by atoms with van der Waals surface area (Å²) in [6.45, 7) is 2.79. The van der Waals surface area contributed by atoms with Crippen LogP contribution < -0.4 is 5.32 Å². The fourth-order valence-corrected chi connectivity index (χ4v) is 6.57. The first kappa shape index (κ1) is 19.5. The van der Waals surface area contributed by atoms with Gasteiger partial charge in [-0.3, -0.25) is 14.5 Å². The topological polar surface area (TPSA) is 49.4 Å². The number of para-hydroxylation sites is 1. The first-order valence-corrected chi connectivity index (χ1v) is 11.2. The monoisotopic (exact) mass is 402 g/mol. The van der Waals surface area contributed by atoms with Crippen LogP contribution in [-0.2, 0) is 15.1 Å². The van der Waals surface area contributed by atoms with Gasteiger partial charge in [0.25, 0.3) is 5.91 Å². The molecule has 2 spiro atoms. The van der Waals surface area contributed by atoms with Gasteiger partial charge >= 0.3 is 0 Å². The number of nitrogens with one attached hydrogen (secondary N) is 1. The van der Waals surface area contributed by atoms with Crippen molar-refractivity contribution in [2.45, 2.75) is 56.9 Å². The number of Topliss-reactive ketones (excluding diaryl/α,β-unsaturated/α-hetero) is 1. The molecule has 2 heterocycles. The molecule has 0 radical (unpaired) electrons. The minimum Gasteiger partial charge on any atom is -0.324 e. The van der Waals surface area contributed by atoms with E-state index in [4.69, 9.17) is 0 Å². The molecule has 156 valence electrons. The number of aryl methyl sites for hydroxylation is 1. The summed E-state index contributed by atoms with van der Waals surface area (Å²) in [6.07, 6.45) is 5.45. The van der Waals surface area contributed by atoms with Crippen LogP contribution in [0.2, 0.25) is 0 Å². The summed E-state index contributed by atoms with van der Waals surface area (Å²) >= 11 is 0. The first-order chi connectivity index (χ1) is 14.5. The molecule has 3 atom stereocenters. The van der Waals surface area contributed by atoms with Gasteiger partial charge < -0.3 is 5.32 Å². The number of hydrogen-bond donors (Lipinski definition) is 1.